The Kier molecular flexibility index (Phi) is 7.10. The van der Waals surface area contributed by atoms with Crippen molar-refractivity contribution < 1.29 is 14.0 Å². The Balaban J connectivity index is 0.000000548. The van der Waals surface area contributed by atoms with Crippen LogP contribution in [0.3, 0.4) is 0 Å². The third-order valence-corrected chi connectivity index (χ3v) is 8.19. The van der Waals surface area contributed by atoms with Crippen LogP contribution in [0.25, 0.3) is 0 Å². The molecule has 0 radical (unpaired) electrons. The van der Waals surface area contributed by atoms with Gasteiger partial charge in [-0.3, -0.25) is 14.3 Å². The number of amides is 2. The van der Waals surface area contributed by atoms with Gasteiger partial charge in [0.05, 0.1) is 30.6 Å². The van der Waals surface area contributed by atoms with E-state index in [1.165, 1.54) is 19.2 Å². The number of likely N-dealkylation sites (tertiary alicyclic amines) is 2. The second kappa shape index (κ2) is 10.9. The number of benzene rings is 1. The van der Waals surface area contributed by atoms with Crippen molar-refractivity contribution in [3.8, 4) is 0 Å². The monoisotopic (exact) mass is 554 g/mol. The first-order chi connectivity index (χ1) is 19.8. The minimum atomic E-state index is -0.309. The number of rotatable bonds is 7. The minimum absolute atomic E-state index is 0.0955. The minimum Gasteiger partial charge on any atom is -0.425 e. The van der Waals surface area contributed by atoms with Crippen molar-refractivity contribution in [3.05, 3.63) is 89.9 Å². The Labute approximate surface area is 238 Å². The van der Waals surface area contributed by atoms with Crippen LogP contribution in [0, 0.1) is 10.8 Å². The molecular weight excluding hydrogens is 520 g/mol. The molecule has 3 aliphatic rings. The molecule has 3 aromatic heterocycles. The van der Waals surface area contributed by atoms with Crippen LogP contribution >= 0.6 is 0 Å². The first-order valence-corrected chi connectivity index (χ1v) is 13.9. The van der Waals surface area contributed by atoms with Crippen LogP contribution in [0.2, 0.25) is 0 Å². The standard InChI is InChI=1S/C25H24N8O3.C5H10/c34-17-31-13-25(14-31)15-32(24(35)20-9-28-33(11-20)10-18-4-2-1-3-5-18)12-21(25)23-30-29-22(36-23)6-19-7-26-16-27-8-19;1-5(2)3-4-5/h1-5,7-9,11,16-17,21H,6,10,12-15H2;3-4H2,1-2H3. The molecule has 1 aromatic carbocycles. The molecule has 2 amide bonds. The average Bonchev–Trinajstić information content (AvgIpc) is 3.37. The molecule has 7 rings (SSSR count). The summed E-state index contributed by atoms with van der Waals surface area (Å²) in [5.74, 6) is 0.697. The van der Waals surface area contributed by atoms with Gasteiger partial charge in [0.25, 0.3) is 5.91 Å². The second-order valence-corrected chi connectivity index (χ2v) is 12.1. The average molecular weight is 555 g/mol. The van der Waals surface area contributed by atoms with Crippen molar-refractivity contribution in [1.82, 2.24) is 39.7 Å². The number of carbonyl (C=O) groups excluding carboxylic acids is 2. The first-order valence-electron chi connectivity index (χ1n) is 13.9. The Morgan fingerprint density at radius 1 is 1.02 bits per heavy atom. The van der Waals surface area contributed by atoms with Gasteiger partial charge in [0.2, 0.25) is 18.2 Å². The quantitative estimate of drug-likeness (QED) is 0.319. The summed E-state index contributed by atoms with van der Waals surface area (Å²) in [5.41, 5.74) is 2.95. The van der Waals surface area contributed by atoms with Crippen LogP contribution in [-0.4, -0.2) is 78.2 Å². The molecule has 1 saturated carbocycles. The van der Waals surface area contributed by atoms with Gasteiger partial charge >= 0.3 is 0 Å². The Morgan fingerprint density at radius 3 is 2.44 bits per heavy atom. The summed E-state index contributed by atoms with van der Waals surface area (Å²) in [6, 6.07) is 9.97. The van der Waals surface area contributed by atoms with E-state index in [1.807, 2.05) is 35.2 Å². The second-order valence-electron chi connectivity index (χ2n) is 12.1. The number of aromatic nitrogens is 6. The van der Waals surface area contributed by atoms with Crippen LogP contribution in [0.4, 0.5) is 0 Å². The largest absolute Gasteiger partial charge is 0.425 e. The molecule has 11 nitrogen and oxygen atoms in total. The van der Waals surface area contributed by atoms with E-state index in [-0.39, 0.29) is 17.2 Å². The van der Waals surface area contributed by atoms with Crippen molar-refractivity contribution in [3.63, 3.8) is 0 Å². The normalized spacial score (nSPS) is 19.8. The van der Waals surface area contributed by atoms with Crippen molar-refractivity contribution in [1.29, 1.82) is 0 Å². The van der Waals surface area contributed by atoms with Gasteiger partial charge in [-0.15, -0.1) is 10.2 Å². The van der Waals surface area contributed by atoms with Crippen molar-refractivity contribution >= 4 is 12.3 Å². The van der Waals surface area contributed by atoms with E-state index in [4.69, 9.17) is 4.42 Å². The maximum Gasteiger partial charge on any atom is 0.257 e. The van der Waals surface area contributed by atoms with E-state index in [0.717, 1.165) is 23.0 Å². The zero-order valence-corrected chi connectivity index (χ0v) is 23.4. The predicted octanol–water partition coefficient (Wildman–Crippen LogP) is 3.20. The third-order valence-electron chi connectivity index (χ3n) is 8.19. The van der Waals surface area contributed by atoms with Gasteiger partial charge in [-0.2, -0.15) is 5.10 Å². The fraction of sp³-hybridized carbons (Fsp3) is 0.433. The van der Waals surface area contributed by atoms with E-state index in [9.17, 15) is 9.59 Å². The van der Waals surface area contributed by atoms with Gasteiger partial charge in [0.1, 0.15) is 6.33 Å². The molecule has 1 unspecified atom stereocenters. The van der Waals surface area contributed by atoms with Crippen LogP contribution in [0.15, 0.2) is 65.9 Å². The highest BCUT2D eigenvalue weighted by Gasteiger charge is 2.57. The van der Waals surface area contributed by atoms with Gasteiger partial charge in [0.15, 0.2) is 0 Å². The van der Waals surface area contributed by atoms with Crippen LogP contribution in [0.5, 0.6) is 0 Å². The lowest BCUT2D eigenvalue weighted by Gasteiger charge is -2.48. The zero-order chi connectivity index (χ0) is 28.5. The fourth-order valence-corrected chi connectivity index (χ4v) is 5.46. The molecule has 2 saturated heterocycles. The number of nitrogens with zero attached hydrogens (tertiary/aromatic N) is 8. The molecule has 1 atom stereocenters. The smallest absolute Gasteiger partial charge is 0.257 e. The Morgan fingerprint density at radius 2 is 1.76 bits per heavy atom. The van der Waals surface area contributed by atoms with Gasteiger partial charge in [-0.25, -0.2) is 9.97 Å². The predicted molar refractivity (Wildman–Crippen MR) is 149 cm³/mol. The molecule has 41 heavy (non-hydrogen) atoms. The van der Waals surface area contributed by atoms with Crippen molar-refractivity contribution in [2.45, 2.75) is 45.6 Å². The van der Waals surface area contributed by atoms with E-state index < -0.39 is 0 Å². The summed E-state index contributed by atoms with van der Waals surface area (Å²) in [6.45, 7) is 7.22. The molecule has 2 aliphatic heterocycles. The van der Waals surface area contributed by atoms with Crippen molar-refractivity contribution in [2.24, 2.45) is 10.8 Å². The summed E-state index contributed by atoms with van der Waals surface area (Å²) in [6.07, 6.45) is 12.4. The Bertz CT molecular complexity index is 1490. The molecule has 212 valence electrons. The fourth-order valence-electron chi connectivity index (χ4n) is 5.46. The van der Waals surface area contributed by atoms with Crippen LogP contribution in [0.1, 0.15) is 65.9 Å². The summed E-state index contributed by atoms with van der Waals surface area (Å²) in [4.78, 5) is 36.3. The van der Waals surface area contributed by atoms with E-state index in [2.05, 4.69) is 39.1 Å². The maximum absolute atomic E-state index is 13.4. The van der Waals surface area contributed by atoms with Crippen LogP contribution in [-0.2, 0) is 17.8 Å². The van der Waals surface area contributed by atoms with Gasteiger partial charge in [0, 0.05) is 50.2 Å². The SMILES string of the molecule is CC1(C)CC1.O=CN1CC2(C1)CN(C(=O)c1cnn(Cc3ccccc3)c1)CC2c1nnc(Cc2cncnc2)o1. The molecule has 1 spiro atoms. The van der Waals surface area contributed by atoms with E-state index >= 15 is 0 Å². The highest BCUT2D eigenvalue weighted by molar-refractivity contribution is 5.94. The molecule has 1 aliphatic carbocycles. The molecule has 11 heteroatoms. The summed E-state index contributed by atoms with van der Waals surface area (Å²) in [7, 11) is 0. The first kappa shape index (κ1) is 26.8. The molecule has 3 fully saturated rings. The summed E-state index contributed by atoms with van der Waals surface area (Å²) >= 11 is 0. The molecule has 4 aromatic rings. The van der Waals surface area contributed by atoms with E-state index in [1.54, 1.807) is 34.4 Å². The Hall–Kier alpha value is -4.41. The lowest BCUT2D eigenvalue weighted by atomic mass is 9.72. The van der Waals surface area contributed by atoms with Gasteiger partial charge in [-0.1, -0.05) is 44.2 Å². The van der Waals surface area contributed by atoms with Crippen molar-refractivity contribution in [2.75, 3.05) is 26.2 Å². The summed E-state index contributed by atoms with van der Waals surface area (Å²) < 4.78 is 7.80. The highest BCUT2D eigenvalue weighted by atomic mass is 16.4. The summed E-state index contributed by atoms with van der Waals surface area (Å²) in [5, 5.41) is 12.9. The molecular formula is C30H34N8O3. The lowest BCUT2D eigenvalue weighted by molar-refractivity contribution is -0.129. The highest BCUT2D eigenvalue weighted by Crippen LogP contribution is 2.48. The van der Waals surface area contributed by atoms with Crippen LogP contribution < -0.4 is 0 Å². The number of carbonyl (C=O) groups is 2. The van der Waals surface area contributed by atoms with Gasteiger partial charge in [-0.05, 0) is 29.4 Å². The zero-order valence-electron chi connectivity index (χ0n) is 23.4. The maximum atomic E-state index is 13.4. The topological polar surface area (TPSA) is 123 Å². The van der Waals surface area contributed by atoms with E-state index in [0.29, 0.717) is 56.5 Å². The van der Waals surface area contributed by atoms with Gasteiger partial charge < -0.3 is 14.2 Å². The lowest BCUT2D eigenvalue weighted by Crippen LogP contribution is -2.59. The number of hydrogen-bond acceptors (Lipinski definition) is 8. The molecule has 5 heterocycles. The third kappa shape index (κ3) is 6.03. The molecule has 0 N–H and O–H groups in total. The number of hydrogen-bond donors (Lipinski definition) is 0. The molecule has 0 bridgehead atoms.